The van der Waals surface area contributed by atoms with Crippen LogP contribution in [0.5, 0.6) is 5.75 Å². The van der Waals surface area contributed by atoms with Crippen LogP contribution >= 0.6 is 11.6 Å². The van der Waals surface area contributed by atoms with Gasteiger partial charge in [0.05, 0.1) is 12.1 Å². The Morgan fingerprint density at radius 2 is 2.05 bits per heavy atom. The molecule has 1 aromatic carbocycles. The standard InChI is InChI=1S/C15H21ClN2O/c1-19-14-10-12(2-3-13(14)16)18-9-6-15(11-18)4-7-17-8-5-15/h2-3,10,17H,4-9,11H2,1H3. The van der Waals surface area contributed by atoms with Crippen LogP contribution in [0.15, 0.2) is 18.2 Å². The SMILES string of the molecule is COc1cc(N2CCC3(CCNCC3)C2)ccc1Cl. The summed E-state index contributed by atoms with van der Waals surface area (Å²) in [5, 5.41) is 4.14. The first kappa shape index (κ1) is 13.1. The quantitative estimate of drug-likeness (QED) is 0.901. The number of benzene rings is 1. The molecule has 0 amide bonds. The molecule has 0 atom stereocenters. The van der Waals surface area contributed by atoms with Gasteiger partial charge >= 0.3 is 0 Å². The molecule has 19 heavy (non-hydrogen) atoms. The Labute approximate surface area is 119 Å². The Hall–Kier alpha value is -0.930. The van der Waals surface area contributed by atoms with Crippen molar-refractivity contribution < 1.29 is 4.74 Å². The summed E-state index contributed by atoms with van der Waals surface area (Å²) in [5.74, 6) is 0.769. The molecule has 3 nitrogen and oxygen atoms in total. The van der Waals surface area contributed by atoms with Gasteiger partial charge in [-0.05, 0) is 49.9 Å². The molecule has 1 N–H and O–H groups in total. The zero-order valence-corrected chi connectivity index (χ0v) is 12.2. The number of nitrogens with zero attached hydrogens (tertiary/aromatic N) is 1. The third kappa shape index (κ3) is 2.54. The van der Waals surface area contributed by atoms with Crippen LogP contribution < -0.4 is 15.0 Å². The van der Waals surface area contributed by atoms with Gasteiger partial charge in [-0.15, -0.1) is 0 Å². The minimum Gasteiger partial charge on any atom is -0.495 e. The van der Waals surface area contributed by atoms with Crippen LogP contribution in [0.2, 0.25) is 5.02 Å². The molecule has 1 aromatic rings. The monoisotopic (exact) mass is 280 g/mol. The van der Waals surface area contributed by atoms with Gasteiger partial charge < -0.3 is 15.0 Å². The normalized spacial score (nSPS) is 21.9. The zero-order valence-electron chi connectivity index (χ0n) is 11.4. The number of hydrogen-bond acceptors (Lipinski definition) is 3. The van der Waals surface area contributed by atoms with Gasteiger partial charge in [0.25, 0.3) is 0 Å². The molecule has 2 saturated heterocycles. The number of halogens is 1. The van der Waals surface area contributed by atoms with Crippen LogP contribution in [0, 0.1) is 5.41 Å². The van der Waals surface area contributed by atoms with Gasteiger partial charge in [0.1, 0.15) is 5.75 Å². The Balaban J connectivity index is 1.77. The van der Waals surface area contributed by atoms with E-state index in [1.165, 1.54) is 31.5 Å². The molecular formula is C15H21ClN2O. The Morgan fingerprint density at radius 1 is 1.26 bits per heavy atom. The van der Waals surface area contributed by atoms with Gasteiger partial charge in [0, 0.05) is 24.8 Å². The highest BCUT2D eigenvalue weighted by Gasteiger charge is 2.38. The Kier molecular flexibility index (Phi) is 3.59. The molecule has 3 rings (SSSR count). The van der Waals surface area contributed by atoms with Gasteiger partial charge in [-0.3, -0.25) is 0 Å². The lowest BCUT2D eigenvalue weighted by Gasteiger charge is -2.34. The second-order valence-electron chi connectivity index (χ2n) is 5.74. The number of methoxy groups -OCH3 is 1. The predicted octanol–water partition coefficient (Wildman–Crippen LogP) is 2.93. The first-order valence-electron chi connectivity index (χ1n) is 7.02. The lowest BCUT2D eigenvalue weighted by molar-refractivity contribution is 0.232. The van der Waals surface area contributed by atoms with Gasteiger partial charge in [-0.1, -0.05) is 11.6 Å². The second-order valence-corrected chi connectivity index (χ2v) is 6.15. The van der Waals surface area contributed by atoms with Crippen LogP contribution in [0.3, 0.4) is 0 Å². The molecular weight excluding hydrogens is 260 g/mol. The van der Waals surface area contributed by atoms with Crippen molar-refractivity contribution in [3.63, 3.8) is 0 Å². The topological polar surface area (TPSA) is 24.5 Å². The summed E-state index contributed by atoms with van der Waals surface area (Å²) < 4.78 is 5.31. The maximum absolute atomic E-state index is 6.09. The minimum atomic E-state index is 0.526. The summed E-state index contributed by atoms with van der Waals surface area (Å²) >= 11 is 6.09. The second kappa shape index (κ2) is 5.22. The van der Waals surface area contributed by atoms with Crippen LogP contribution in [0.1, 0.15) is 19.3 Å². The van der Waals surface area contributed by atoms with Crippen molar-refractivity contribution in [2.45, 2.75) is 19.3 Å². The van der Waals surface area contributed by atoms with Crippen molar-refractivity contribution in [3.05, 3.63) is 23.2 Å². The zero-order chi connectivity index (χ0) is 13.3. The van der Waals surface area contributed by atoms with Gasteiger partial charge in [0.2, 0.25) is 0 Å². The molecule has 2 heterocycles. The first-order chi connectivity index (χ1) is 9.22. The summed E-state index contributed by atoms with van der Waals surface area (Å²) in [7, 11) is 1.67. The van der Waals surface area contributed by atoms with Gasteiger partial charge in [-0.2, -0.15) is 0 Å². The highest BCUT2D eigenvalue weighted by Crippen LogP contribution is 2.41. The maximum Gasteiger partial charge on any atom is 0.139 e. The average Bonchev–Trinajstić information content (AvgIpc) is 2.84. The maximum atomic E-state index is 6.09. The van der Waals surface area contributed by atoms with E-state index in [4.69, 9.17) is 16.3 Å². The molecule has 2 fully saturated rings. The largest absolute Gasteiger partial charge is 0.495 e. The Bertz CT molecular complexity index is 457. The minimum absolute atomic E-state index is 0.526. The molecule has 2 aliphatic heterocycles. The number of piperidine rings is 1. The van der Waals surface area contributed by atoms with E-state index in [2.05, 4.69) is 22.3 Å². The number of hydrogen-bond donors (Lipinski definition) is 1. The molecule has 0 saturated carbocycles. The number of ether oxygens (including phenoxy) is 1. The van der Waals surface area contributed by atoms with E-state index in [0.717, 1.165) is 25.4 Å². The molecule has 0 bridgehead atoms. The average molecular weight is 281 g/mol. The van der Waals surface area contributed by atoms with E-state index in [-0.39, 0.29) is 0 Å². The van der Waals surface area contributed by atoms with Crippen molar-refractivity contribution in [2.75, 3.05) is 38.2 Å². The fourth-order valence-corrected chi connectivity index (χ4v) is 3.56. The van der Waals surface area contributed by atoms with Crippen molar-refractivity contribution in [3.8, 4) is 5.75 Å². The lowest BCUT2D eigenvalue weighted by atomic mass is 9.78. The molecule has 0 aromatic heterocycles. The smallest absolute Gasteiger partial charge is 0.139 e. The summed E-state index contributed by atoms with van der Waals surface area (Å²) in [5.41, 5.74) is 1.76. The van der Waals surface area contributed by atoms with Crippen molar-refractivity contribution in [1.29, 1.82) is 0 Å². The number of nitrogens with one attached hydrogen (secondary N) is 1. The fourth-order valence-electron chi connectivity index (χ4n) is 3.37. The van der Waals surface area contributed by atoms with E-state index in [1.54, 1.807) is 7.11 Å². The highest BCUT2D eigenvalue weighted by atomic mass is 35.5. The Morgan fingerprint density at radius 3 is 2.79 bits per heavy atom. The molecule has 0 aliphatic carbocycles. The molecule has 0 unspecified atom stereocenters. The molecule has 2 aliphatic rings. The summed E-state index contributed by atoms with van der Waals surface area (Å²) in [4.78, 5) is 2.48. The van der Waals surface area contributed by atoms with Crippen LogP contribution in [0.4, 0.5) is 5.69 Å². The summed E-state index contributed by atoms with van der Waals surface area (Å²) in [6, 6.07) is 6.09. The van der Waals surface area contributed by atoms with E-state index in [0.29, 0.717) is 10.4 Å². The number of rotatable bonds is 2. The summed E-state index contributed by atoms with van der Waals surface area (Å²) in [6.07, 6.45) is 3.90. The van der Waals surface area contributed by atoms with Crippen molar-refractivity contribution in [2.24, 2.45) is 5.41 Å². The molecule has 1 spiro atoms. The van der Waals surface area contributed by atoms with E-state index >= 15 is 0 Å². The lowest BCUT2D eigenvalue weighted by Crippen LogP contribution is -2.38. The molecule has 104 valence electrons. The van der Waals surface area contributed by atoms with Crippen molar-refractivity contribution in [1.82, 2.24) is 5.32 Å². The molecule has 0 radical (unpaired) electrons. The van der Waals surface area contributed by atoms with Crippen LogP contribution in [-0.2, 0) is 0 Å². The predicted molar refractivity (Wildman–Crippen MR) is 79.4 cm³/mol. The summed E-state index contributed by atoms with van der Waals surface area (Å²) in [6.45, 7) is 4.64. The van der Waals surface area contributed by atoms with E-state index < -0.39 is 0 Å². The van der Waals surface area contributed by atoms with E-state index in [9.17, 15) is 0 Å². The fraction of sp³-hybridized carbons (Fsp3) is 0.600. The number of anilines is 1. The van der Waals surface area contributed by atoms with Crippen molar-refractivity contribution >= 4 is 17.3 Å². The first-order valence-corrected chi connectivity index (χ1v) is 7.39. The highest BCUT2D eigenvalue weighted by molar-refractivity contribution is 6.32. The van der Waals surface area contributed by atoms with Gasteiger partial charge in [0.15, 0.2) is 0 Å². The van der Waals surface area contributed by atoms with Crippen LogP contribution in [0.25, 0.3) is 0 Å². The van der Waals surface area contributed by atoms with Crippen LogP contribution in [-0.4, -0.2) is 33.3 Å². The molecule has 4 heteroatoms. The third-order valence-corrected chi connectivity index (χ3v) is 4.91. The van der Waals surface area contributed by atoms with Gasteiger partial charge in [-0.25, -0.2) is 0 Å². The third-order valence-electron chi connectivity index (χ3n) is 4.60. The van der Waals surface area contributed by atoms with E-state index in [1.807, 2.05) is 6.07 Å².